The maximum absolute atomic E-state index is 14.1. The van der Waals surface area contributed by atoms with Crippen LogP contribution in [0.4, 0.5) is 24.5 Å². The molecule has 0 bridgehead atoms. The van der Waals surface area contributed by atoms with E-state index in [0.29, 0.717) is 0 Å². The average molecular weight is 545 g/mol. The van der Waals surface area contributed by atoms with Gasteiger partial charge in [-0.1, -0.05) is 34.8 Å². The quantitative estimate of drug-likeness (QED) is 0.543. The molecule has 0 aromatic heterocycles. The average Bonchev–Trinajstić information content (AvgIpc) is 3.44. The van der Waals surface area contributed by atoms with Crippen LogP contribution in [-0.2, 0) is 15.1 Å². The summed E-state index contributed by atoms with van der Waals surface area (Å²) in [6.45, 7) is -0.275. The van der Waals surface area contributed by atoms with Gasteiger partial charge >= 0.3 is 0 Å². The summed E-state index contributed by atoms with van der Waals surface area (Å²) >= 11 is 18.6. The van der Waals surface area contributed by atoms with Gasteiger partial charge in [0.05, 0.1) is 22.3 Å². The molecule has 2 aromatic carbocycles. The topological polar surface area (TPSA) is 72.9 Å². The largest absolute Gasteiger partial charge is 0.373 e. The smallest absolute Gasteiger partial charge is 0.270 e. The van der Waals surface area contributed by atoms with Gasteiger partial charge in [-0.25, -0.2) is 4.39 Å². The Labute approximate surface area is 211 Å². The van der Waals surface area contributed by atoms with E-state index in [-0.39, 0.29) is 50.5 Å². The van der Waals surface area contributed by atoms with Crippen LogP contribution in [0.3, 0.4) is 0 Å². The van der Waals surface area contributed by atoms with Crippen molar-refractivity contribution in [1.29, 1.82) is 0 Å². The minimum atomic E-state index is -1.87. The summed E-state index contributed by atoms with van der Waals surface area (Å²) in [5.74, 6) is -4.15. The first kappa shape index (κ1) is 23.1. The van der Waals surface area contributed by atoms with Crippen LogP contribution in [0.1, 0.15) is 12.0 Å². The van der Waals surface area contributed by atoms with Crippen molar-refractivity contribution in [3.8, 4) is 0 Å². The van der Waals surface area contributed by atoms with E-state index in [1.165, 1.54) is 18.2 Å². The highest BCUT2D eigenvalue weighted by Crippen LogP contribution is 2.63. The summed E-state index contributed by atoms with van der Waals surface area (Å²) in [6, 6.07) is 5.53. The van der Waals surface area contributed by atoms with E-state index in [0.717, 1.165) is 17.0 Å². The molecule has 0 radical (unpaired) electrons. The molecule has 3 saturated heterocycles. The van der Waals surface area contributed by atoms with Crippen molar-refractivity contribution in [2.45, 2.75) is 24.2 Å². The molecule has 0 saturated carbocycles. The first-order valence-corrected chi connectivity index (χ1v) is 11.8. The van der Waals surface area contributed by atoms with Crippen molar-refractivity contribution in [2.75, 3.05) is 16.8 Å². The second-order valence-corrected chi connectivity index (χ2v) is 10.4. The van der Waals surface area contributed by atoms with E-state index >= 15 is 0 Å². The van der Waals surface area contributed by atoms with Crippen LogP contribution in [0.15, 0.2) is 42.0 Å². The summed E-state index contributed by atoms with van der Waals surface area (Å²) in [4.78, 5) is 30.1. The molecule has 35 heavy (non-hydrogen) atoms. The molecule has 182 valence electrons. The second-order valence-electron chi connectivity index (χ2n) is 9.10. The van der Waals surface area contributed by atoms with Crippen molar-refractivity contribution in [1.82, 2.24) is 4.90 Å². The zero-order valence-electron chi connectivity index (χ0n) is 17.5. The number of hydrogen-bond donors (Lipinski definition) is 2. The first-order chi connectivity index (χ1) is 16.5. The number of hydrogen-bond acceptors (Lipinski definition) is 4. The number of aliphatic hydroxyl groups excluding tert-OH is 1. The SMILES string of the molecule is O=C1C2C(C(O)N1c1cc(F)cc(Cl)c1)C1CC(=C(F)F)CN1C21C(=O)Nc2c(Cl)cc(Cl)cc21. The summed E-state index contributed by atoms with van der Waals surface area (Å²) in [5.41, 5.74) is -1.43. The van der Waals surface area contributed by atoms with Gasteiger partial charge in [0, 0.05) is 39.7 Å². The van der Waals surface area contributed by atoms with Crippen LogP contribution in [0, 0.1) is 17.7 Å². The fourth-order valence-electron chi connectivity index (χ4n) is 6.35. The lowest BCUT2D eigenvalue weighted by Crippen LogP contribution is -2.54. The summed E-state index contributed by atoms with van der Waals surface area (Å²) < 4.78 is 41.5. The number of halogens is 6. The van der Waals surface area contributed by atoms with Crippen LogP contribution in [0.2, 0.25) is 15.1 Å². The van der Waals surface area contributed by atoms with Gasteiger partial charge in [-0.3, -0.25) is 19.4 Å². The van der Waals surface area contributed by atoms with E-state index in [4.69, 9.17) is 34.8 Å². The van der Waals surface area contributed by atoms with Gasteiger partial charge in [0.15, 0.2) is 0 Å². The fourth-order valence-corrected chi connectivity index (χ4v) is 7.10. The lowest BCUT2D eigenvalue weighted by molar-refractivity contribution is -0.135. The highest BCUT2D eigenvalue weighted by Gasteiger charge is 2.75. The minimum absolute atomic E-state index is 0.00139. The molecule has 2 N–H and O–H groups in total. The maximum Gasteiger partial charge on any atom is 0.270 e. The summed E-state index contributed by atoms with van der Waals surface area (Å²) in [6.07, 6.45) is -3.54. The van der Waals surface area contributed by atoms with Gasteiger partial charge in [0.2, 0.25) is 5.91 Å². The summed E-state index contributed by atoms with van der Waals surface area (Å²) in [7, 11) is 0. The molecule has 6 rings (SSSR count). The van der Waals surface area contributed by atoms with Crippen molar-refractivity contribution >= 4 is 58.0 Å². The third-order valence-corrected chi connectivity index (χ3v) is 8.24. The van der Waals surface area contributed by atoms with Gasteiger partial charge in [-0.2, -0.15) is 8.78 Å². The molecule has 12 heteroatoms. The molecule has 5 unspecified atom stereocenters. The Bertz CT molecular complexity index is 1350. The molecular weight excluding hydrogens is 530 g/mol. The lowest BCUT2D eigenvalue weighted by atomic mass is 9.75. The molecule has 1 spiro atoms. The standard InChI is InChI=1S/C23H15Cl3F3N3O3/c24-9-2-11(27)6-12(3-9)32-20(33)16-15-1-8(19(28)29)7-31(15)23(17(16)21(32)34)13-4-10(25)5-14(26)18(13)30-22(23)35/h2-6,15-17,20,33H,1,7H2,(H,30,35). The van der Waals surface area contributed by atoms with E-state index < -0.39 is 53.4 Å². The molecule has 5 atom stereocenters. The number of benzene rings is 2. The Hall–Kier alpha value is -2.30. The zero-order chi connectivity index (χ0) is 25.0. The Morgan fingerprint density at radius 2 is 1.80 bits per heavy atom. The molecule has 0 aliphatic carbocycles. The molecular formula is C23H15Cl3F3N3O3. The number of nitrogens with zero attached hydrogens (tertiary/aromatic N) is 2. The highest BCUT2D eigenvalue weighted by molar-refractivity contribution is 6.38. The fraction of sp³-hybridized carbons (Fsp3) is 0.304. The van der Waals surface area contributed by atoms with Crippen LogP contribution in [0.5, 0.6) is 0 Å². The Kier molecular flexibility index (Phi) is 5.02. The third-order valence-electron chi connectivity index (χ3n) is 7.50. The van der Waals surface area contributed by atoms with Gasteiger partial charge in [0.1, 0.15) is 17.6 Å². The van der Waals surface area contributed by atoms with Gasteiger partial charge in [-0.05, 0) is 36.8 Å². The van der Waals surface area contributed by atoms with E-state index in [1.54, 1.807) is 4.90 Å². The van der Waals surface area contributed by atoms with Crippen LogP contribution in [0.25, 0.3) is 0 Å². The molecule has 2 amide bonds. The normalized spacial score (nSPS) is 31.3. The van der Waals surface area contributed by atoms with Crippen LogP contribution in [-0.4, -0.2) is 40.6 Å². The van der Waals surface area contributed by atoms with Crippen molar-refractivity contribution in [3.63, 3.8) is 0 Å². The van der Waals surface area contributed by atoms with E-state index in [9.17, 15) is 27.9 Å². The van der Waals surface area contributed by atoms with Gasteiger partial charge in [0.25, 0.3) is 12.0 Å². The molecule has 6 nitrogen and oxygen atoms in total. The number of aliphatic hydroxyl groups is 1. The number of anilines is 2. The zero-order valence-corrected chi connectivity index (χ0v) is 19.8. The second kappa shape index (κ2) is 7.60. The molecule has 3 fully saturated rings. The molecule has 4 aliphatic heterocycles. The van der Waals surface area contributed by atoms with Crippen LogP contribution < -0.4 is 10.2 Å². The Morgan fingerprint density at radius 3 is 2.49 bits per heavy atom. The number of fused-ring (bicyclic) bond motifs is 7. The molecule has 4 heterocycles. The minimum Gasteiger partial charge on any atom is -0.373 e. The number of carbonyl (C=O) groups is 2. The van der Waals surface area contributed by atoms with E-state index in [2.05, 4.69) is 5.32 Å². The third kappa shape index (κ3) is 2.93. The predicted molar refractivity (Wildman–Crippen MR) is 123 cm³/mol. The number of amides is 2. The first-order valence-electron chi connectivity index (χ1n) is 10.6. The maximum atomic E-state index is 14.1. The number of carbonyl (C=O) groups excluding carboxylic acids is 2. The Morgan fingerprint density at radius 1 is 1.09 bits per heavy atom. The molecule has 4 aliphatic rings. The number of nitrogens with one attached hydrogen (secondary N) is 1. The van der Waals surface area contributed by atoms with Gasteiger partial charge < -0.3 is 10.4 Å². The van der Waals surface area contributed by atoms with Crippen molar-refractivity contribution in [2.24, 2.45) is 11.8 Å². The Balaban J connectivity index is 1.59. The number of rotatable bonds is 1. The predicted octanol–water partition coefficient (Wildman–Crippen LogP) is 4.77. The van der Waals surface area contributed by atoms with E-state index in [1.807, 2.05) is 0 Å². The van der Waals surface area contributed by atoms with Crippen molar-refractivity contribution < 1.29 is 27.9 Å². The highest BCUT2D eigenvalue weighted by atomic mass is 35.5. The van der Waals surface area contributed by atoms with Gasteiger partial charge in [-0.15, -0.1) is 0 Å². The lowest BCUT2D eigenvalue weighted by Gasteiger charge is -2.37. The summed E-state index contributed by atoms with van der Waals surface area (Å²) in [5, 5.41) is 14.4. The van der Waals surface area contributed by atoms with Crippen LogP contribution >= 0.6 is 34.8 Å². The molecule has 2 aromatic rings. The monoisotopic (exact) mass is 543 g/mol. The van der Waals surface area contributed by atoms with Crippen molar-refractivity contribution in [3.05, 3.63) is 68.4 Å².